The molecule has 3 aromatic rings. The molecule has 0 saturated heterocycles. The quantitative estimate of drug-likeness (QED) is 0.561. The Morgan fingerprint density at radius 2 is 2.04 bits per heavy atom. The van der Waals surface area contributed by atoms with Crippen LogP contribution in [0.5, 0.6) is 0 Å². The predicted octanol–water partition coefficient (Wildman–Crippen LogP) is 3.80. The highest BCUT2D eigenvalue weighted by Crippen LogP contribution is 2.21. The Balaban J connectivity index is 1.73. The van der Waals surface area contributed by atoms with E-state index in [1.165, 1.54) is 0 Å². The first-order valence-corrected chi connectivity index (χ1v) is 7.70. The number of hydrazone groups is 1. The van der Waals surface area contributed by atoms with Crippen molar-refractivity contribution >= 4 is 23.7 Å². The molecule has 1 amide bonds. The molecule has 0 saturated carbocycles. The number of halogens is 1. The lowest BCUT2D eigenvalue weighted by atomic mass is 10.1. The van der Waals surface area contributed by atoms with E-state index in [-0.39, 0.29) is 5.91 Å². The van der Waals surface area contributed by atoms with E-state index >= 15 is 0 Å². The van der Waals surface area contributed by atoms with Crippen LogP contribution in [0.2, 0.25) is 5.02 Å². The van der Waals surface area contributed by atoms with Crippen molar-refractivity contribution in [3.05, 3.63) is 76.4 Å². The Labute approximate surface area is 144 Å². The number of rotatable bonds is 4. The van der Waals surface area contributed by atoms with Gasteiger partial charge in [-0.25, -0.2) is 5.43 Å². The van der Waals surface area contributed by atoms with Crippen LogP contribution in [0.3, 0.4) is 0 Å². The first kappa shape index (κ1) is 16.0. The maximum atomic E-state index is 12.1. The Morgan fingerprint density at radius 3 is 2.79 bits per heavy atom. The standard InChI is InChI=1S/C18H15ClN4O/c1-12-3-2-4-14(9-12)18(24)23-21-11-15-10-20-22-17(15)13-5-7-16(19)8-6-13/h2-11H,1H3,(H,20,22)(H,23,24)/b21-11-. The molecule has 1 heterocycles. The van der Waals surface area contributed by atoms with Crippen molar-refractivity contribution < 1.29 is 4.79 Å². The predicted molar refractivity (Wildman–Crippen MR) is 95.3 cm³/mol. The van der Waals surface area contributed by atoms with Crippen LogP contribution < -0.4 is 5.43 Å². The van der Waals surface area contributed by atoms with E-state index in [9.17, 15) is 4.79 Å². The summed E-state index contributed by atoms with van der Waals surface area (Å²) in [6.45, 7) is 1.93. The van der Waals surface area contributed by atoms with E-state index < -0.39 is 0 Å². The van der Waals surface area contributed by atoms with Gasteiger partial charge in [-0.2, -0.15) is 10.2 Å². The van der Waals surface area contributed by atoms with Gasteiger partial charge in [0.15, 0.2) is 0 Å². The lowest BCUT2D eigenvalue weighted by Gasteiger charge is -2.01. The van der Waals surface area contributed by atoms with Gasteiger partial charge in [0, 0.05) is 21.7 Å². The molecule has 3 rings (SSSR count). The normalized spacial score (nSPS) is 10.9. The summed E-state index contributed by atoms with van der Waals surface area (Å²) in [4.78, 5) is 12.1. The van der Waals surface area contributed by atoms with Crippen LogP contribution in [0.1, 0.15) is 21.5 Å². The van der Waals surface area contributed by atoms with E-state index in [1.54, 1.807) is 30.6 Å². The van der Waals surface area contributed by atoms with Crippen molar-refractivity contribution in [2.24, 2.45) is 5.10 Å². The van der Waals surface area contributed by atoms with E-state index in [4.69, 9.17) is 11.6 Å². The molecule has 120 valence electrons. The topological polar surface area (TPSA) is 70.1 Å². The first-order valence-electron chi connectivity index (χ1n) is 7.33. The third-order valence-corrected chi connectivity index (χ3v) is 3.70. The molecule has 0 unspecified atom stereocenters. The second-order valence-electron chi connectivity index (χ2n) is 5.28. The molecule has 0 atom stereocenters. The van der Waals surface area contributed by atoms with Crippen LogP contribution in [0.15, 0.2) is 59.8 Å². The fourth-order valence-electron chi connectivity index (χ4n) is 2.25. The fourth-order valence-corrected chi connectivity index (χ4v) is 2.38. The molecule has 0 aliphatic rings. The number of carbonyl (C=O) groups excluding carboxylic acids is 1. The molecule has 0 aliphatic carbocycles. The molecule has 6 heteroatoms. The molecular formula is C18H15ClN4O. The van der Waals surface area contributed by atoms with Gasteiger partial charge < -0.3 is 0 Å². The maximum absolute atomic E-state index is 12.1. The maximum Gasteiger partial charge on any atom is 0.271 e. The van der Waals surface area contributed by atoms with Gasteiger partial charge in [-0.05, 0) is 31.2 Å². The number of aromatic nitrogens is 2. The fraction of sp³-hybridized carbons (Fsp3) is 0.0556. The van der Waals surface area contributed by atoms with Gasteiger partial charge in [-0.15, -0.1) is 0 Å². The first-order chi connectivity index (χ1) is 11.6. The zero-order valence-electron chi connectivity index (χ0n) is 13.0. The minimum Gasteiger partial charge on any atom is -0.277 e. The van der Waals surface area contributed by atoms with E-state index in [1.807, 2.05) is 37.3 Å². The number of aromatic amines is 1. The third-order valence-electron chi connectivity index (χ3n) is 3.45. The molecule has 2 N–H and O–H groups in total. The number of amides is 1. The van der Waals surface area contributed by atoms with Crippen molar-refractivity contribution in [1.29, 1.82) is 0 Å². The second kappa shape index (κ2) is 7.10. The molecule has 0 bridgehead atoms. The van der Waals surface area contributed by atoms with E-state index in [0.29, 0.717) is 10.6 Å². The van der Waals surface area contributed by atoms with Crippen molar-refractivity contribution in [2.45, 2.75) is 6.92 Å². The SMILES string of the molecule is Cc1cccc(C(=O)N/N=C\c2cn[nH]c2-c2ccc(Cl)cc2)c1. The minimum atomic E-state index is -0.258. The summed E-state index contributed by atoms with van der Waals surface area (Å²) >= 11 is 5.90. The smallest absolute Gasteiger partial charge is 0.271 e. The summed E-state index contributed by atoms with van der Waals surface area (Å²) in [6.07, 6.45) is 3.20. The summed E-state index contributed by atoms with van der Waals surface area (Å²) in [5, 5.41) is 11.6. The van der Waals surface area contributed by atoms with Gasteiger partial charge in [-0.3, -0.25) is 9.89 Å². The lowest BCUT2D eigenvalue weighted by Crippen LogP contribution is -2.17. The largest absolute Gasteiger partial charge is 0.277 e. The Hall–Kier alpha value is -2.92. The molecular weight excluding hydrogens is 324 g/mol. The van der Waals surface area contributed by atoms with Crippen molar-refractivity contribution in [3.8, 4) is 11.3 Å². The zero-order valence-corrected chi connectivity index (χ0v) is 13.7. The van der Waals surface area contributed by atoms with Crippen LogP contribution in [-0.2, 0) is 0 Å². The highest BCUT2D eigenvalue weighted by Gasteiger charge is 2.07. The monoisotopic (exact) mass is 338 g/mol. The average molecular weight is 339 g/mol. The van der Waals surface area contributed by atoms with Gasteiger partial charge in [-0.1, -0.05) is 41.4 Å². The summed E-state index contributed by atoms with van der Waals surface area (Å²) in [7, 11) is 0. The molecule has 0 radical (unpaired) electrons. The molecule has 0 spiro atoms. The number of aryl methyl sites for hydroxylation is 1. The van der Waals surface area contributed by atoms with Crippen LogP contribution in [0.25, 0.3) is 11.3 Å². The van der Waals surface area contributed by atoms with Gasteiger partial charge >= 0.3 is 0 Å². The number of nitrogens with one attached hydrogen (secondary N) is 2. The highest BCUT2D eigenvalue weighted by atomic mass is 35.5. The summed E-state index contributed by atoms with van der Waals surface area (Å²) in [5.41, 5.74) is 6.61. The molecule has 2 aromatic carbocycles. The number of hydrogen-bond acceptors (Lipinski definition) is 3. The lowest BCUT2D eigenvalue weighted by molar-refractivity contribution is 0.0955. The molecule has 24 heavy (non-hydrogen) atoms. The zero-order chi connectivity index (χ0) is 16.9. The highest BCUT2D eigenvalue weighted by molar-refractivity contribution is 6.30. The van der Waals surface area contributed by atoms with Crippen molar-refractivity contribution in [3.63, 3.8) is 0 Å². The molecule has 1 aromatic heterocycles. The van der Waals surface area contributed by atoms with Crippen LogP contribution in [0.4, 0.5) is 0 Å². The van der Waals surface area contributed by atoms with Gasteiger partial charge in [0.1, 0.15) is 0 Å². The summed E-state index contributed by atoms with van der Waals surface area (Å²) in [6, 6.07) is 14.7. The van der Waals surface area contributed by atoms with Gasteiger partial charge in [0.05, 0.1) is 18.1 Å². The summed E-state index contributed by atoms with van der Waals surface area (Å²) < 4.78 is 0. The van der Waals surface area contributed by atoms with Crippen LogP contribution in [0, 0.1) is 6.92 Å². The van der Waals surface area contributed by atoms with Crippen molar-refractivity contribution in [1.82, 2.24) is 15.6 Å². The van der Waals surface area contributed by atoms with Gasteiger partial charge in [0.2, 0.25) is 0 Å². The van der Waals surface area contributed by atoms with Crippen molar-refractivity contribution in [2.75, 3.05) is 0 Å². The number of hydrogen-bond donors (Lipinski definition) is 2. The molecule has 0 fully saturated rings. The average Bonchev–Trinajstić information content (AvgIpc) is 3.04. The van der Waals surface area contributed by atoms with E-state index in [0.717, 1.165) is 22.4 Å². The molecule has 5 nitrogen and oxygen atoms in total. The van der Waals surface area contributed by atoms with Crippen LogP contribution >= 0.6 is 11.6 Å². The Kier molecular flexibility index (Phi) is 4.72. The third kappa shape index (κ3) is 3.70. The van der Waals surface area contributed by atoms with Gasteiger partial charge in [0.25, 0.3) is 5.91 Å². The number of nitrogens with zero attached hydrogens (tertiary/aromatic N) is 2. The van der Waals surface area contributed by atoms with E-state index in [2.05, 4.69) is 20.7 Å². The van der Waals surface area contributed by atoms with Crippen LogP contribution in [-0.4, -0.2) is 22.3 Å². The number of benzene rings is 2. The summed E-state index contributed by atoms with van der Waals surface area (Å²) in [5.74, 6) is -0.258. The Morgan fingerprint density at radius 1 is 1.25 bits per heavy atom. The number of H-pyrrole nitrogens is 1. The number of carbonyl (C=O) groups is 1. The molecule has 0 aliphatic heterocycles. The Bertz CT molecular complexity index is 884. The minimum absolute atomic E-state index is 0.258. The second-order valence-corrected chi connectivity index (χ2v) is 5.71.